The molecule has 0 aliphatic carbocycles. The van der Waals surface area contributed by atoms with Crippen molar-refractivity contribution < 1.29 is 14.6 Å². The van der Waals surface area contributed by atoms with Crippen LogP contribution in [0.4, 0.5) is 0 Å². The molecule has 112 valence electrons. The highest BCUT2D eigenvalue weighted by molar-refractivity contribution is 5.80. The summed E-state index contributed by atoms with van der Waals surface area (Å²) in [6.45, 7) is 8.13. The van der Waals surface area contributed by atoms with Crippen LogP contribution in [0.25, 0.3) is 0 Å². The zero-order valence-electron chi connectivity index (χ0n) is 12.8. The van der Waals surface area contributed by atoms with Crippen molar-refractivity contribution in [1.82, 2.24) is 5.32 Å². The van der Waals surface area contributed by atoms with Crippen LogP contribution in [-0.2, 0) is 4.79 Å². The van der Waals surface area contributed by atoms with E-state index in [1.54, 1.807) is 19.9 Å². The van der Waals surface area contributed by atoms with E-state index in [0.717, 1.165) is 24.0 Å². The van der Waals surface area contributed by atoms with Crippen molar-refractivity contribution in [3.05, 3.63) is 29.3 Å². The number of hydrogen-bond acceptors (Lipinski definition) is 3. The Kier molecular flexibility index (Phi) is 6.52. The van der Waals surface area contributed by atoms with Gasteiger partial charge in [0, 0.05) is 6.54 Å². The second kappa shape index (κ2) is 7.90. The molecule has 0 saturated heterocycles. The fraction of sp³-hybridized carbons (Fsp3) is 0.562. The van der Waals surface area contributed by atoms with Crippen molar-refractivity contribution in [3.8, 4) is 5.75 Å². The van der Waals surface area contributed by atoms with Crippen molar-refractivity contribution in [1.29, 1.82) is 0 Å². The number of unbranched alkanes of at least 4 members (excludes halogenated alkanes) is 1. The number of carbonyl (C=O) groups excluding carboxylic acids is 1. The van der Waals surface area contributed by atoms with Crippen LogP contribution < -0.4 is 10.1 Å². The summed E-state index contributed by atoms with van der Waals surface area (Å²) in [6.07, 6.45) is 0.996. The van der Waals surface area contributed by atoms with Crippen molar-refractivity contribution in [2.75, 3.05) is 6.54 Å². The van der Waals surface area contributed by atoms with E-state index in [-0.39, 0.29) is 5.91 Å². The van der Waals surface area contributed by atoms with E-state index in [1.807, 2.05) is 19.1 Å². The predicted molar refractivity (Wildman–Crippen MR) is 79.8 cm³/mol. The summed E-state index contributed by atoms with van der Waals surface area (Å²) < 4.78 is 5.68. The summed E-state index contributed by atoms with van der Waals surface area (Å²) in [6, 6.07) is 5.49. The number of carbonyl (C=O) groups is 1. The van der Waals surface area contributed by atoms with Gasteiger partial charge in [-0.15, -0.1) is 0 Å². The maximum atomic E-state index is 11.8. The summed E-state index contributed by atoms with van der Waals surface area (Å²) in [5.74, 6) is 0.574. The smallest absolute Gasteiger partial charge is 0.260 e. The van der Waals surface area contributed by atoms with Gasteiger partial charge in [-0.05, 0) is 50.5 Å². The first-order valence-electron chi connectivity index (χ1n) is 7.18. The fourth-order valence-electron chi connectivity index (χ4n) is 1.84. The van der Waals surface area contributed by atoms with E-state index in [4.69, 9.17) is 4.74 Å². The van der Waals surface area contributed by atoms with Crippen LogP contribution in [0, 0.1) is 6.92 Å². The molecule has 1 aromatic rings. The van der Waals surface area contributed by atoms with Crippen LogP contribution in [0.1, 0.15) is 50.8 Å². The van der Waals surface area contributed by atoms with E-state index in [0.29, 0.717) is 12.3 Å². The molecule has 0 aliphatic rings. The van der Waals surface area contributed by atoms with Gasteiger partial charge in [0.15, 0.2) is 6.10 Å². The Labute approximate surface area is 121 Å². The molecule has 0 spiro atoms. The number of aliphatic hydroxyl groups excluding tert-OH is 1. The Bertz CT molecular complexity index is 443. The molecule has 0 saturated carbocycles. The molecule has 4 heteroatoms. The zero-order chi connectivity index (χ0) is 15.1. The van der Waals surface area contributed by atoms with E-state index in [9.17, 15) is 9.90 Å². The number of benzene rings is 1. The van der Waals surface area contributed by atoms with Crippen LogP contribution in [0.2, 0.25) is 0 Å². The molecule has 2 N–H and O–H groups in total. The van der Waals surface area contributed by atoms with Gasteiger partial charge in [-0.3, -0.25) is 4.79 Å². The summed E-state index contributed by atoms with van der Waals surface area (Å²) in [5.41, 5.74) is 1.76. The second-order valence-corrected chi connectivity index (χ2v) is 5.11. The average molecular weight is 279 g/mol. The lowest BCUT2D eigenvalue weighted by atomic mass is 10.1. The topological polar surface area (TPSA) is 58.6 Å². The van der Waals surface area contributed by atoms with Crippen LogP contribution in [0.15, 0.2) is 18.2 Å². The molecule has 1 rings (SSSR count). The standard InChI is InChI=1S/C16H25NO3/c1-5-6-9-17-16(19)13(4)20-15-8-7-14(12(3)18)10-11(15)2/h7-8,10,12-13,18H,5-6,9H2,1-4H3,(H,17,19). The van der Waals surface area contributed by atoms with E-state index >= 15 is 0 Å². The van der Waals surface area contributed by atoms with E-state index < -0.39 is 12.2 Å². The minimum atomic E-state index is -0.525. The molecule has 2 atom stereocenters. The third-order valence-corrected chi connectivity index (χ3v) is 3.18. The molecule has 2 unspecified atom stereocenters. The van der Waals surface area contributed by atoms with Crippen LogP contribution in [-0.4, -0.2) is 23.7 Å². The van der Waals surface area contributed by atoms with Crippen LogP contribution in [0.3, 0.4) is 0 Å². The normalized spacial score (nSPS) is 13.7. The van der Waals surface area contributed by atoms with Gasteiger partial charge in [0.1, 0.15) is 5.75 Å². The molecule has 20 heavy (non-hydrogen) atoms. The molecule has 0 bridgehead atoms. The van der Waals surface area contributed by atoms with Gasteiger partial charge in [-0.25, -0.2) is 0 Å². The van der Waals surface area contributed by atoms with Gasteiger partial charge in [0.2, 0.25) is 0 Å². The minimum Gasteiger partial charge on any atom is -0.481 e. The van der Waals surface area contributed by atoms with Crippen molar-refractivity contribution >= 4 is 5.91 Å². The van der Waals surface area contributed by atoms with Crippen LogP contribution >= 0.6 is 0 Å². The van der Waals surface area contributed by atoms with Gasteiger partial charge < -0.3 is 15.2 Å². The minimum absolute atomic E-state index is 0.0996. The molecule has 0 aliphatic heterocycles. The number of amides is 1. The zero-order valence-corrected chi connectivity index (χ0v) is 12.8. The van der Waals surface area contributed by atoms with Gasteiger partial charge >= 0.3 is 0 Å². The van der Waals surface area contributed by atoms with Gasteiger partial charge in [-0.2, -0.15) is 0 Å². The number of hydrogen-bond donors (Lipinski definition) is 2. The summed E-state index contributed by atoms with van der Waals surface area (Å²) in [7, 11) is 0. The second-order valence-electron chi connectivity index (χ2n) is 5.11. The molecule has 4 nitrogen and oxygen atoms in total. The molecule has 1 amide bonds. The first kappa shape index (κ1) is 16.5. The summed E-state index contributed by atoms with van der Waals surface area (Å²) in [5, 5.41) is 12.4. The van der Waals surface area contributed by atoms with Crippen molar-refractivity contribution in [2.24, 2.45) is 0 Å². The maximum absolute atomic E-state index is 11.8. The highest BCUT2D eigenvalue weighted by Crippen LogP contribution is 2.23. The lowest BCUT2D eigenvalue weighted by Gasteiger charge is -2.17. The monoisotopic (exact) mass is 279 g/mol. The number of nitrogens with one attached hydrogen (secondary N) is 1. The Morgan fingerprint density at radius 2 is 2.10 bits per heavy atom. The number of aryl methyl sites for hydroxylation is 1. The number of ether oxygens (including phenoxy) is 1. The van der Waals surface area contributed by atoms with E-state index in [2.05, 4.69) is 12.2 Å². The van der Waals surface area contributed by atoms with Gasteiger partial charge in [0.05, 0.1) is 6.10 Å². The first-order valence-corrected chi connectivity index (χ1v) is 7.18. The molecule has 0 aromatic heterocycles. The molecule has 0 radical (unpaired) electrons. The average Bonchev–Trinajstić information content (AvgIpc) is 2.40. The molecular formula is C16H25NO3. The quantitative estimate of drug-likeness (QED) is 0.755. The lowest BCUT2D eigenvalue weighted by Crippen LogP contribution is -2.36. The summed E-state index contributed by atoms with van der Waals surface area (Å²) in [4.78, 5) is 11.8. The first-order chi connectivity index (χ1) is 9.45. The maximum Gasteiger partial charge on any atom is 0.260 e. The SMILES string of the molecule is CCCCNC(=O)C(C)Oc1ccc(C(C)O)cc1C. The highest BCUT2D eigenvalue weighted by Gasteiger charge is 2.15. The molecule has 1 aromatic carbocycles. The van der Waals surface area contributed by atoms with Gasteiger partial charge in [0.25, 0.3) is 5.91 Å². The Morgan fingerprint density at radius 3 is 2.65 bits per heavy atom. The number of aliphatic hydroxyl groups is 1. The third-order valence-electron chi connectivity index (χ3n) is 3.18. The van der Waals surface area contributed by atoms with E-state index in [1.165, 1.54) is 0 Å². The van der Waals surface area contributed by atoms with Crippen molar-refractivity contribution in [3.63, 3.8) is 0 Å². The van der Waals surface area contributed by atoms with Crippen LogP contribution in [0.5, 0.6) is 5.75 Å². The highest BCUT2D eigenvalue weighted by atomic mass is 16.5. The lowest BCUT2D eigenvalue weighted by molar-refractivity contribution is -0.127. The predicted octanol–water partition coefficient (Wildman–Crippen LogP) is 2.73. The van der Waals surface area contributed by atoms with Crippen molar-refractivity contribution in [2.45, 2.75) is 52.7 Å². The Balaban J connectivity index is 2.61. The third kappa shape index (κ3) is 4.85. The summed E-state index contributed by atoms with van der Waals surface area (Å²) >= 11 is 0. The Hall–Kier alpha value is -1.55. The fourth-order valence-corrected chi connectivity index (χ4v) is 1.84. The largest absolute Gasteiger partial charge is 0.481 e. The molecular weight excluding hydrogens is 254 g/mol. The molecule has 0 fully saturated rings. The Morgan fingerprint density at radius 1 is 1.40 bits per heavy atom. The molecule has 0 heterocycles. The number of rotatable bonds is 7. The van der Waals surface area contributed by atoms with Gasteiger partial charge in [-0.1, -0.05) is 19.4 Å².